The van der Waals surface area contributed by atoms with Crippen LogP contribution in [0.15, 0.2) is 89.7 Å². The van der Waals surface area contributed by atoms with Crippen molar-refractivity contribution in [3.8, 4) is 22.5 Å². The molecule has 0 N–H and O–H groups in total. The molecule has 0 bridgehead atoms. The minimum Gasteiger partial charge on any atom is -0.486 e. The normalized spacial score (nSPS) is 11.3. The fraction of sp³-hybridized carbons (Fsp3) is 0.229. The molecular weight excluding hydrogens is 699 g/mol. The molecule has 6 heteroatoms. The third-order valence-corrected chi connectivity index (χ3v) is 9.15. The van der Waals surface area contributed by atoms with Gasteiger partial charge in [0.05, 0.1) is 13.7 Å². The quantitative estimate of drug-likeness (QED) is 0.132. The fourth-order valence-corrected chi connectivity index (χ4v) is 6.54. The molecule has 41 heavy (non-hydrogen) atoms. The number of aryl methyl sites for hydroxylation is 1. The maximum atomic E-state index is 5.96. The summed E-state index contributed by atoms with van der Waals surface area (Å²) in [6, 6.07) is 28.8. The predicted molar refractivity (Wildman–Crippen MR) is 169 cm³/mol. The summed E-state index contributed by atoms with van der Waals surface area (Å²) in [5.74, 6) is 0.457. The van der Waals surface area contributed by atoms with Crippen LogP contribution in [0.3, 0.4) is 0 Å². The van der Waals surface area contributed by atoms with Crippen LogP contribution in [0.5, 0.6) is 0 Å². The zero-order chi connectivity index (χ0) is 28.3. The number of hydrogen-bond donors (Lipinski definition) is 0. The van der Waals surface area contributed by atoms with Gasteiger partial charge in [-0.1, -0.05) is 74.6 Å². The van der Waals surface area contributed by atoms with Gasteiger partial charge in [-0.2, -0.15) is 0 Å². The van der Waals surface area contributed by atoms with Crippen LogP contribution in [-0.4, -0.2) is 23.0 Å². The van der Waals surface area contributed by atoms with Crippen LogP contribution in [0.1, 0.15) is 37.8 Å². The van der Waals surface area contributed by atoms with Gasteiger partial charge in [0.15, 0.2) is 0 Å². The summed E-state index contributed by atoms with van der Waals surface area (Å²) in [7, 11) is -1.30. The summed E-state index contributed by atoms with van der Waals surface area (Å²) < 4.78 is 5.96. The van der Waals surface area contributed by atoms with Gasteiger partial charge in [-0.3, -0.25) is 0 Å². The molecule has 0 atom stereocenters. The molecule has 2 aromatic carbocycles. The molecular formula is C35H35IrN3OSi-2. The number of pyridine rings is 3. The molecule has 6 rings (SSSR count). The number of benzene rings is 2. The summed E-state index contributed by atoms with van der Waals surface area (Å²) in [6.45, 7) is 13.7. The van der Waals surface area contributed by atoms with E-state index in [4.69, 9.17) is 4.42 Å². The summed E-state index contributed by atoms with van der Waals surface area (Å²) in [5.41, 5.74) is 8.03. The van der Waals surface area contributed by atoms with Crippen LogP contribution in [0, 0.1) is 12.1 Å². The van der Waals surface area contributed by atoms with Crippen molar-refractivity contribution < 1.29 is 24.5 Å². The van der Waals surface area contributed by atoms with E-state index in [2.05, 4.69) is 98.0 Å². The number of aromatic nitrogens is 3. The van der Waals surface area contributed by atoms with Crippen molar-refractivity contribution in [2.75, 3.05) is 0 Å². The van der Waals surface area contributed by atoms with Crippen LogP contribution in [-0.2, 0) is 26.5 Å². The van der Waals surface area contributed by atoms with Gasteiger partial charge in [-0.15, -0.1) is 54.1 Å². The zero-order valence-electron chi connectivity index (χ0n) is 24.5. The second kappa shape index (κ2) is 13.0. The van der Waals surface area contributed by atoms with Gasteiger partial charge < -0.3 is 14.4 Å². The van der Waals surface area contributed by atoms with Crippen LogP contribution < -0.4 is 5.19 Å². The van der Waals surface area contributed by atoms with Gasteiger partial charge in [-0.25, -0.2) is 4.98 Å². The van der Waals surface area contributed by atoms with Crippen molar-refractivity contribution in [3.05, 3.63) is 109 Å². The third kappa shape index (κ3) is 6.73. The van der Waals surface area contributed by atoms with Crippen LogP contribution in [0.4, 0.5) is 0 Å². The number of hydrogen-bond acceptors (Lipinski definition) is 4. The molecule has 4 aromatic heterocycles. The standard InChI is InChI=1S/C19H15N2O.C16H20NSi.Ir/c1-12(2)13-8-10-20-17(11-13)16-6-3-5-14-15-7-4-9-21-19(15)22-18(14)16;1-5-13-11-15(14-9-7-6-8-10-14)17-12-16(13)18(2,3)4;/h3-5,7-12H,1-2H3;6-9,11-12H,5H2,1-4H3;/q2*-1;. The minimum atomic E-state index is -1.30. The average Bonchev–Trinajstić information content (AvgIpc) is 3.36. The van der Waals surface area contributed by atoms with Crippen molar-refractivity contribution in [3.63, 3.8) is 0 Å². The number of rotatable bonds is 5. The van der Waals surface area contributed by atoms with Crippen molar-refractivity contribution in [2.45, 2.75) is 52.8 Å². The Hall–Kier alpha value is -3.44. The van der Waals surface area contributed by atoms with Crippen molar-refractivity contribution >= 4 is 35.3 Å². The molecule has 0 spiro atoms. The Morgan fingerprint density at radius 3 is 2.37 bits per heavy atom. The number of nitrogens with zero attached hydrogens (tertiary/aromatic N) is 3. The van der Waals surface area contributed by atoms with E-state index < -0.39 is 8.07 Å². The van der Waals surface area contributed by atoms with Crippen molar-refractivity contribution in [1.82, 2.24) is 15.0 Å². The fourth-order valence-electron chi connectivity index (χ4n) is 4.87. The maximum absolute atomic E-state index is 5.96. The first kappa shape index (κ1) is 30.5. The van der Waals surface area contributed by atoms with Crippen molar-refractivity contribution in [2.24, 2.45) is 0 Å². The van der Waals surface area contributed by atoms with Gasteiger partial charge >= 0.3 is 0 Å². The Labute approximate surface area is 257 Å². The van der Waals surface area contributed by atoms with E-state index in [-0.39, 0.29) is 20.1 Å². The molecule has 0 unspecified atom stereocenters. The van der Waals surface area contributed by atoms with E-state index in [1.807, 2.05) is 48.7 Å². The van der Waals surface area contributed by atoms with E-state index in [9.17, 15) is 0 Å². The first-order valence-electron chi connectivity index (χ1n) is 13.9. The molecule has 211 valence electrons. The van der Waals surface area contributed by atoms with Gasteiger partial charge in [-0.05, 0) is 47.1 Å². The van der Waals surface area contributed by atoms with E-state index in [0.29, 0.717) is 11.6 Å². The molecule has 0 aliphatic carbocycles. The second-order valence-corrected chi connectivity index (χ2v) is 16.3. The molecule has 0 aliphatic rings. The molecule has 4 heterocycles. The first-order valence-corrected chi connectivity index (χ1v) is 17.4. The van der Waals surface area contributed by atoms with Crippen LogP contribution in [0.25, 0.3) is 44.6 Å². The summed E-state index contributed by atoms with van der Waals surface area (Å²) >= 11 is 0. The molecule has 1 radical (unpaired) electrons. The van der Waals surface area contributed by atoms with Gasteiger partial charge in [0, 0.05) is 44.1 Å². The van der Waals surface area contributed by atoms with E-state index in [1.165, 1.54) is 16.3 Å². The predicted octanol–water partition coefficient (Wildman–Crippen LogP) is 8.62. The van der Waals surface area contributed by atoms with E-state index in [0.717, 1.165) is 45.3 Å². The van der Waals surface area contributed by atoms with E-state index in [1.54, 1.807) is 6.20 Å². The van der Waals surface area contributed by atoms with Gasteiger partial charge in [0.1, 0.15) is 0 Å². The summed E-state index contributed by atoms with van der Waals surface area (Å²) in [6.07, 6.45) is 6.74. The van der Waals surface area contributed by atoms with Crippen LogP contribution in [0.2, 0.25) is 19.6 Å². The Balaban J connectivity index is 0.000000188. The number of furan rings is 1. The number of fused-ring (bicyclic) bond motifs is 3. The monoisotopic (exact) mass is 734 g/mol. The average molecular weight is 734 g/mol. The van der Waals surface area contributed by atoms with E-state index >= 15 is 0 Å². The second-order valence-electron chi connectivity index (χ2n) is 11.3. The van der Waals surface area contributed by atoms with Crippen molar-refractivity contribution in [1.29, 1.82) is 0 Å². The van der Waals surface area contributed by atoms with Crippen LogP contribution >= 0.6 is 0 Å². The summed E-state index contributed by atoms with van der Waals surface area (Å²) in [5, 5.41) is 3.55. The Morgan fingerprint density at radius 2 is 1.66 bits per heavy atom. The molecule has 0 amide bonds. The minimum absolute atomic E-state index is 0. The first-order chi connectivity index (χ1) is 19.3. The van der Waals surface area contributed by atoms with Gasteiger partial charge in [0.25, 0.3) is 0 Å². The third-order valence-electron chi connectivity index (χ3n) is 7.08. The molecule has 4 nitrogen and oxygen atoms in total. The van der Waals surface area contributed by atoms with Gasteiger partial charge in [0.2, 0.25) is 5.71 Å². The molecule has 0 aliphatic heterocycles. The smallest absolute Gasteiger partial charge is 0.216 e. The zero-order valence-corrected chi connectivity index (χ0v) is 27.8. The summed E-state index contributed by atoms with van der Waals surface area (Å²) in [4.78, 5) is 13.4. The largest absolute Gasteiger partial charge is 0.486 e. The Morgan fingerprint density at radius 1 is 0.829 bits per heavy atom. The molecule has 0 saturated carbocycles. The molecule has 0 saturated heterocycles. The Bertz CT molecular complexity index is 1760. The molecule has 0 fully saturated rings. The SMILES string of the molecule is CC(C)c1ccnc(-c2[c-]ccc3c2oc2ncccc23)c1.CCc1cc(-c2[c-]cccc2)ncc1[Si](C)(C)C.[Ir]. The maximum Gasteiger partial charge on any atom is 0.216 e. The molecule has 6 aromatic rings. The topological polar surface area (TPSA) is 51.8 Å². The Kier molecular flexibility index (Phi) is 9.70.